The number of aromatic amines is 2. The molecule has 0 aromatic carbocycles. The molecule has 0 radical (unpaired) electrons. The summed E-state index contributed by atoms with van der Waals surface area (Å²) in [5, 5.41) is 35.7. The molecule has 3 aliphatic rings. The summed E-state index contributed by atoms with van der Waals surface area (Å²) in [6, 6.07) is 0. The van der Waals surface area contributed by atoms with Crippen molar-refractivity contribution in [3.8, 4) is 0 Å². The summed E-state index contributed by atoms with van der Waals surface area (Å²) >= 11 is 4.57. The van der Waals surface area contributed by atoms with Crippen molar-refractivity contribution in [1.29, 1.82) is 0 Å². The van der Waals surface area contributed by atoms with Crippen molar-refractivity contribution in [3.05, 3.63) is 46.0 Å². The lowest BCUT2D eigenvalue weighted by atomic mass is 10.1. The fraction of sp³-hybridized carbons (Fsp3) is 0.559. The van der Waals surface area contributed by atoms with Crippen molar-refractivity contribution in [2.45, 2.75) is 73.6 Å². The molecule has 38 nitrogen and oxygen atoms in total. The van der Waals surface area contributed by atoms with Crippen molar-refractivity contribution < 1.29 is 104 Å². The number of imidazole rings is 3. The second kappa shape index (κ2) is 21.7. The van der Waals surface area contributed by atoms with Gasteiger partial charge in [0.2, 0.25) is 17.7 Å². The van der Waals surface area contributed by atoms with Gasteiger partial charge in [0, 0.05) is 21.3 Å². The number of anilines is 3. The van der Waals surface area contributed by atoms with Crippen molar-refractivity contribution in [2.75, 3.05) is 57.9 Å². The van der Waals surface area contributed by atoms with Gasteiger partial charge < -0.3 is 93.5 Å². The zero-order valence-electron chi connectivity index (χ0n) is 39.7. The smallest absolute Gasteiger partial charge is 0.313 e. The number of ether oxygens (including phenoxy) is 5. The van der Waals surface area contributed by atoms with E-state index in [1.165, 1.54) is 40.5 Å². The number of methoxy groups -OCH3 is 2. The molecule has 6 aromatic rings. The van der Waals surface area contributed by atoms with Gasteiger partial charge in [0.05, 0.1) is 39.5 Å². The number of nitrogens with zero attached hydrogens (tertiary/aromatic N) is 10. The lowest BCUT2D eigenvalue weighted by Crippen LogP contribution is -2.46. The molecule has 77 heavy (non-hydrogen) atoms. The highest BCUT2D eigenvalue weighted by atomic mass is 32.5. The Balaban J connectivity index is 0.872. The Kier molecular flexibility index (Phi) is 16.1. The van der Waals surface area contributed by atoms with E-state index in [4.69, 9.17) is 53.2 Å². The number of phosphoric acid groups is 3. The van der Waals surface area contributed by atoms with Crippen LogP contribution >= 0.6 is 30.2 Å². The van der Waals surface area contributed by atoms with E-state index in [1.54, 1.807) is 0 Å². The molecule has 0 spiro atoms. The number of hydrogen-bond acceptors (Lipinski definition) is 33. The largest absolute Gasteiger partial charge is 0.779 e. The second-order valence-corrected chi connectivity index (χ2v) is 24.0. The first-order valence-corrected chi connectivity index (χ1v) is 28.9. The molecule has 422 valence electrons. The van der Waals surface area contributed by atoms with Crippen LogP contribution in [-0.2, 0) is 83.0 Å². The SMILES string of the molecule is CNc1ncnc2c1ncn2[C@@H]1O[C@H](COP(=O)([O-])OP([O-])(=S)OP(=O)([O-])OC[C@H]2O[C@@H]([n+]3cn(C)c4c(=O)[nH]c(N)nc43)C(O)[C@H]2OC)C(OP(=O)([O-])OC[C@H]2O[C@@H](n3cnc4c(=O)[nH]c(N)nc43)[C@@H](O)C2O)[C@@H]1OC. The van der Waals surface area contributed by atoms with E-state index < -0.39 is 135 Å². The number of aliphatic hydroxyl groups is 3. The average molecular weight is 1190 g/mol. The van der Waals surface area contributed by atoms with Crippen LogP contribution in [0, 0.1) is 0 Å². The number of H-pyrrole nitrogens is 2. The topological polar surface area (TPSA) is 531 Å². The lowest BCUT2D eigenvalue weighted by Gasteiger charge is -2.38. The van der Waals surface area contributed by atoms with Gasteiger partial charge in [0.25, 0.3) is 40.5 Å². The van der Waals surface area contributed by atoms with Crippen molar-refractivity contribution in [2.24, 2.45) is 7.05 Å². The minimum atomic E-state index is -6.09. The second-order valence-electron chi connectivity index (χ2n) is 16.8. The van der Waals surface area contributed by atoms with E-state index in [9.17, 15) is 58.2 Å². The minimum Gasteiger partial charge on any atom is -0.779 e. The number of nitrogen functional groups attached to an aromatic ring is 2. The highest BCUT2D eigenvalue weighted by molar-refractivity contribution is 8.09. The predicted molar refractivity (Wildman–Crippen MR) is 247 cm³/mol. The van der Waals surface area contributed by atoms with Crippen LogP contribution in [0.3, 0.4) is 0 Å². The summed E-state index contributed by atoms with van der Waals surface area (Å²) in [5.74, 6) is -0.346. The number of rotatable bonds is 21. The molecule has 0 bridgehead atoms. The summed E-state index contributed by atoms with van der Waals surface area (Å²) in [5.41, 5.74) is 9.89. The Morgan fingerprint density at radius 1 is 0.740 bits per heavy atom. The standard InChI is InChI=1S/C34H47N15O23P4S/c1-37-24-15-25(39-8-38-24)47(9-40-15)32-23(63-4)22(70-73(55,56)64-5-12-18(50)19(51)30(67-12)48-10-41-16-26(48)42-33(35)44-28(16)53)14(69-32)7-66-75(59,60)72-76(61,77)71-74(57,58)65-6-13-21(62-3)20(52)31(68-13)49-11-46(2)17-27(49)43-34(36)45-29(17)54/h8-14,18-23,30-32,50-52H,5-7H2,1-4H3,(H10-,35,36,37,38,39,42,43,44,45,53,54,55,56,57,58,59,60,61,77)/p-3/t12-,13-,14-,18?,19+,20?,21+,22?,23+,30-,31-,32-,76?/m1/s1. The third kappa shape index (κ3) is 11.5. The number of phosphoric ester groups is 3. The number of aryl methyl sites for hydroxylation is 1. The number of aromatic nitrogens is 12. The van der Waals surface area contributed by atoms with Gasteiger partial charge in [-0.15, -0.1) is 0 Å². The number of fused-ring (bicyclic) bond motifs is 3. The first-order valence-electron chi connectivity index (χ1n) is 21.9. The molecular formula is C34H44N15O23P4S-3. The molecule has 9 rings (SSSR count). The molecule has 7 unspecified atom stereocenters. The average Bonchev–Trinajstić information content (AvgIpc) is 4.21. The number of nitrogens with two attached hydrogens (primary N) is 2. The van der Waals surface area contributed by atoms with E-state index in [0.717, 1.165) is 31.4 Å². The van der Waals surface area contributed by atoms with Gasteiger partial charge in [-0.3, -0.25) is 55.6 Å². The Morgan fingerprint density at radius 2 is 1.31 bits per heavy atom. The van der Waals surface area contributed by atoms with Crippen molar-refractivity contribution in [1.82, 2.24) is 53.6 Å². The highest BCUT2D eigenvalue weighted by Crippen LogP contribution is 2.63. The Hall–Kier alpha value is -4.73. The van der Waals surface area contributed by atoms with Crippen LogP contribution in [0.5, 0.6) is 0 Å². The predicted octanol–water partition coefficient (Wildman–Crippen LogP) is -6.01. The molecule has 16 atom stereocenters. The van der Waals surface area contributed by atoms with E-state index in [1.807, 2.05) is 0 Å². The number of nitrogens with one attached hydrogen (secondary N) is 3. The molecule has 0 aliphatic carbocycles. The fourth-order valence-corrected chi connectivity index (χ4v) is 14.5. The summed E-state index contributed by atoms with van der Waals surface area (Å²) in [7, 11) is -12.5. The maximum Gasteiger partial charge on any atom is 0.313 e. The molecule has 43 heteroatoms. The molecule has 9 heterocycles. The zero-order chi connectivity index (χ0) is 55.7. The molecule has 3 aliphatic heterocycles. The van der Waals surface area contributed by atoms with Crippen LogP contribution < -0.4 is 52.0 Å². The third-order valence-electron chi connectivity index (χ3n) is 12.0. The Bertz CT molecular complexity index is 3510. The maximum absolute atomic E-state index is 13.6. The van der Waals surface area contributed by atoms with Gasteiger partial charge in [0.1, 0.15) is 73.5 Å². The molecule has 3 saturated heterocycles. The van der Waals surface area contributed by atoms with Gasteiger partial charge >= 0.3 is 5.65 Å². The maximum atomic E-state index is 13.6. The van der Waals surface area contributed by atoms with Crippen LogP contribution in [0.2, 0.25) is 0 Å². The van der Waals surface area contributed by atoms with Gasteiger partial charge in [-0.05, 0) is 0 Å². The van der Waals surface area contributed by atoms with E-state index in [0.29, 0.717) is 0 Å². The van der Waals surface area contributed by atoms with E-state index in [2.05, 4.69) is 65.6 Å². The first kappa shape index (κ1) is 57.0. The number of hydrogen-bond donors (Lipinski definition) is 8. The van der Waals surface area contributed by atoms with E-state index >= 15 is 0 Å². The zero-order valence-corrected chi connectivity index (χ0v) is 44.1. The van der Waals surface area contributed by atoms with Crippen LogP contribution in [0.15, 0.2) is 34.9 Å². The first-order chi connectivity index (χ1) is 36.2. The van der Waals surface area contributed by atoms with Gasteiger partial charge in [-0.2, -0.15) is 4.98 Å². The van der Waals surface area contributed by atoms with Gasteiger partial charge in [-0.25, -0.2) is 24.5 Å². The monoisotopic (exact) mass is 1190 g/mol. The van der Waals surface area contributed by atoms with Crippen LogP contribution in [0.4, 0.5) is 17.7 Å². The van der Waals surface area contributed by atoms with Gasteiger partial charge in [0.15, 0.2) is 41.4 Å². The summed E-state index contributed by atoms with van der Waals surface area (Å²) in [6.45, 7) is -9.07. The fourth-order valence-electron chi connectivity index (χ4n) is 8.70. The van der Waals surface area contributed by atoms with Crippen molar-refractivity contribution in [3.63, 3.8) is 0 Å². The Labute approximate surface area is 433 Å². The number of aliphatic hydroxyl groups excluding tert-OH is 3. The van der Waals surface area contributed by atoms with Gasteiger partial charge in [-0.1, -0.05) is 16.8 Å². The summed E-state index contributed by atoms with van der Waals surface area (Å²) in [4.78, 5) is 107. The molecular weight excluding hydrogens is 1140 g/mol. The van der Waals surface area contributed by atoms with Crippen molar-refractivity contribution >= 4 is 93.2 Å². The lowest BCUT2D eigenvalue weighted by molar-refractivity contribution is -0.745. The molecule has 3 fully saturated rings. The molecule has 0 amide bonds. The highest BCUT2D eigenvalue weighted by Gasteiger charge is 2.52. The minimum absolute atomic E-state index is 0.0225. The molecule has 0 saturated carbocycles. The van der Waals surface area contributed by atoms with E-state index in [-0.39, 0.29) is 51.2 Å². The summed E-state index contributed by atoms with van der Waals surface area (Å²) in [6.07, 6.45) is -14.6. The summed E-state index contributed by atoms with van der Waals surface area (Å²) < 4.78 is 102. The normalized spacial score (nSPS) is 30.0. The molecule has 6 aromatic heterocycles. The quantitative estimate of drug-likeness (QED) is 0.0246. The molecule has 10 N–H and O–H groups in total. The van der Waals surface area contributed by atoms with Crippen LogP contribution in [-0.4, -0.2) is 165 Å². The third-order valence-corrected chi connectivity index (χ3v) is 18.3. The van der Waals surface area contributed by atoms with Crippen LogP contribution in [0.25, 0.3) is 33.5 Å². The van der Waals surface area contributed by atoms with Crippen LogP contribution in [0.1, 0.15) is 18.7 Å². The Morgan fingerprint density at radius 3 is 1.96 bits per heavy atom.